The number of ether oxygens (including phenoxy) is 1. The van der Waals surface area contributed by atoms with Gasteiger partial charge in [0.25, 0.3) is 5.91 Å². The maximum atomic E-state index is 13.3. The molecule has 0 atom stereocenters. The number of rotatable bonds is 4. The van der Waals surface area contributed by atoms with Gasteiger partial charge in [0.2, 0.25) is 0 Å². The van der Waals surface area contributed by atoms with E-state index in [1.54, 1.807) is 0 Å². The summed E-state index contributed by atoms with van der Waals surface area (Å²) in [4.78, 5) is 26.8. The number of pyridine rings is 1. The van der Waals surface area contributed by atoms with Crippen LogP contribution in [-0.2, 0) is 9.53 Å². The van der Waals surface area contributed by atoms with E-state index in [0.29, 0.717) is 6.07 Å². The number of hydrogen-bond acceptors (Lipinski definition) is 4. The number of nitrogens with one attached hydrogen (secondary N) is 1. The minimum atomic E-state index is -1.70. The highest BCUT2D eigenvalue weighted by Crippen LogP contribution is 2.19. The van der Waals surface area contributed by atoms with Crippen LogP contribution in [0.15, 0.2) is 36.7 Å². The van der Waals surface area contributed by atoms with Gasteiger partial charge in [-0.1, -0.05) is 0 Å². The molecule has 1 aromatic carbocycles. The Hall–Kier alpha value is -2.90. The maximum absolute atomic E-state index is 13.3. The van der Waals surface area contributed by atoms with E-state index in [9.17, 15) is 22.8 Å². The topological polar surface area (TPSA) is 68.3 Å². The van der Waals surface area contributed by atoms with Gasteiger partial charge in [0.05, 0.1) is 11.3 Å². The Bertz CT molecular complexity index is 708. The molecule has 22 heavy (non-hydrogen) atoms. The van der Waals surface area contributed by atoms with Crippen LogP contribution in [0.1, 0.15) is 10.4 Å². The molecule has 0 aliphatic rings. The fourth-order valence-electron chi connectivity index (χ4n) is 1.51. The van der Waals surface area contributed by atoms with Gasteiger partial charge in [-0.15, -0.1) is 0 Å². The fraction of sp³-hybridized carbons (Fsp3) is 0.0714. The van der Waals surface area contributed by atoms with Crippen molar-refractivity contribution in [2.24, 2.45) is 0 Å². The number of anilines is 1. The number of carbonyl (C=O) groups is 2. The smallest absolute Gasteiger partial charge is 0.338 e. The molecule has 8 heteroatoms. The molecule has 1 heterocycles. The quantitative estimate of drug-likeness (QED) is 0.695. The van der Waals surface area contributed by atoms with E-state index >= 15 is 0 Å². The van der Waals surface area contributed by atoms with Gasteiger partial charge in [-0.2, -0.15) is 0 Å². The predicted octanol–water partition coefficient (Wildman–Crippen LogP) is 2.29. The third-order valence-corrected chi connectivity index (χ3v) is 2.56. The molecule has 2 rings (SSSR count). The average Bonchev–Trinajstić information content (AvgIpc) is 2.54. The molecule has 0 saturated carbocycles. The van der Waals surface area contributed by atoms with Crippen molar-refractivity contribution < 1.29 is 27.5 Å². The molecule has 0 aliphatic carbocycles. The van der Waals surface area contributed by atoms with E-state index in [0.717, 1.165) is 6.07 Å². The Morgan fingerprint density at radius 1 is 1.05 bits per heavy atom. The number of amides is 1. The lowest BCUT2D eigenvalue weighted by Gasteiger charge is -2.08. The molecule has 0 fully saturated rings. The minimum absolute atomic E-state index is 0.182. The summed E-state index contributed by atoms with van der Waals surface area (Å²) < 4.78 is 43.8. The second-order valence-corrected chi connectivity index (χ2v) is 4.08. The van der Waals surface area contributed by atoms with Crippen molar-refractivity contribution in [1.82, 2.24) is 4.98 Å². The summed E-state index contributed by atoms with van der Waals surface area (Å²) in [5.41, 5.74) is -0.370. The number of aromatic nitrogens is 1. The summed E-state index contributed by atoms with van der Waals surface area (Å²) >= 11 is 0. The third kappa shape index (κ3) is 3.60. The highest BCUT2D eigenvalue weighted by atomic mass is 19.2. The molecule has 0 spiro atoms. The molecular formula is C14H9F3N2O3. The summed E-state index contributed by atoms with van der Waals surface area (Å²) in [5, 5.41) is 1.97. The van der Waals surface area contributed by atoms with Gasteiger partial charge in [-0.05, 0) is 24.3 Å². The van der Waals surface area contributed by atoms with E-state index < -0.39 is 41.6 Å². The van der Waals surface area contributed by atoms with Gasteiger partial charge in [-0.3, -0.25) is 9.78 Å². The predicted molar refractivity (Wildman–Crippen MR) is 69.5 cm³/mol. The van der Waals surface area contributed by atoms with E-state index in [1.165, 1.54) is 24.5 Å². The number of nitrogens with zero attached hydrogens (tertiary/aromatic N) is 1. The summed E-state index contributed by atoms with van der Waals surface area (Å²) in [6.45, 7) is -0.709. The number of carbonyl (C=O) groups excluding carboxylic acids is 2. The Kier molecular flexibility index (Phi) is 4.72. The highest BCUT2D eigenvalue weighted by molar-refractivity contribution is 5.95. The standard InChI is InChI=1S/C14H9F3N2O3/c15-9-1-2-10(13(17)12(9)16)19-11(20)7-22-14(21)8-3-5-18-6-4-8/h1-6H,7H2,(H,19,20). The van der Waals surface area contributed by atoms with Crippen molar-refractivity contribution in [2.45, 2.75) is 0 Å². The van der Waals surface area contributed by atoms with Crippen LogP contribution in [0.5, 0.6) is 0 Å². The molecule has 0 bridgehead atoms. The molecule has 1 amide bonds. The van der Waals surface area contributed by atoms with Gasteiger partial charge in [0.15, 0.2) is 24.1 Å². The normalized spacial score (nSPS) is 10.1. The number of esters is 1. The van der Waals surface area contributed by atoms with Crippen molar-refractivity contribution in [3.63, 3.8) is 0 Å². The van der Waals surface area contributed by atoms with Crippen LogP contribution >= 0.6 is 0 Å². The van der Waals surface area contributed by atoms with Crippen LogP contribution in [0.3, 0.4) is 0 Å². The summed E-state index contributed by atoms with van der Waals surface area (Å²) in [6.07, 6.45) is 2.74. The molecule has 2 aromatic rings. The highest BCUT2D eigenvalue weighted by Gasteiger charge is 2.16. The lowest BCUT2D eigenvalue weighted by molar-refractivity contribution is -0.119. The van der Waals surface area contributed by atoms with E-state index in [2.05, 4.69) is 9.72 Å². The summed E-state index contributed by atoms with van der Waals surface area (Å²) in [5.74, 6) is -6.28. The molecule has 0 aliphatic heterocycles. The van der Waals surface area contributed by atoms with Crippen molar-refractivity contribution in [2.75, 3.05) is 11.9 Å². The fourth-order valence-corrected chi connectivity index (χ4v) is 1.51. The first-order valence-corrected chi connectivity index (χ1v) is 5.99. The Balaban J connectivity index is 1.94. The van der Waals surface area contributed by atoms with Crippen LogP contribution < -0.4 is 5.32 Å². The molecular weight excluding hydrogens is 301 g/mol. The van der Waals surface area contributed by atoms with Crippen LogP contribution in [0, 0.1) is 17.5 Å². The lowest BCUT2D eigenvalue weighted by Crippen LogP contribution is -2.21. The van der Waals surface area contributed by atoms with Crippen LogP contribution in [-0.4, -0.2) is 23.5 Å². The van der Waals surface area contributed by atoms with Gasteiger partial charge in [-0.25, -0.2) is 18.0 Å². The van der Waals surface area contributed by atoms with Crippen LogP contribution in [0.4, 0.5) is 18.9 Å². The molecule has 0 radical (unpaired) electrons. The van der Waals surface area contributed by atoms with Crippen LogP contribution in [0.25, 0.3) is 0 Å². The minimum Gasteiger partial charge on any atom is -0.452 e. The van der Waals surface area contributed by atoms with Gasteiger partial charge in [0, 0.05) is 12.4 Å². The van der Waals surface area contributed by atoms with Crippen molar-refractivity contribution in [1.29, 1.82) is 0 Å². The molecule has 5 nitrogen and oxygen atoms in total. The van der Waals surface area contributed by atoms with E-state index in [-0.39, 0.29) is 5.56 Å². The van der Waals surface area contributed by atoms with E-state index in [1.807, 2.05) is 5.32 Å². The molecule has 114 valence electrons. The Morgan fingerprint density at radius 2 is 1.73 bits per heavy atom. The second kappa shape index (κ2) is 6.70. The van der Waals surface area contributed by atoms with Crippen molar-refractivity contribution in [3.8, 4) is 0 Å². The summed E-state index contributed by atoms with van der Waals surface area (Å²) in [6, 6.07) is 4.29. The van der Waals surface area contributed by atoms with E-state index in [4.69, 9.17) is 0 Å². The number of halogens is 3. The number of benzene rings is 1. The largest absolute Gasteiger partial charge is 0.452 e. The first-order valence-electron chi connectivity index (χ1n) is 5.99. The van der Waals surface area contributed by atoms with Gasteiger partial charge >= 0.3 is 5.97 Å². The monoisotopic (exact) mass is 310 g/mol. The van der Waals surface area contributed by atoms with Crippen LogP contribution in [0.2, 0.25) is 0 Å². The molecule has 0 unspecified atom stereocenters. The average molecular weight is 310 g/mol. The molecule has 0 saturated heterocycles. The zero-order valence-corrected chi connectivity index (χ0v) is 11.0. The zero-order chi connectivity index (χ0) is 16.1. The van der Waals surface area contributed by atoms with Crippen molar-refractivity contribution >= 4 is 17.6 Å². The first-order chi connectivity index (χ1) is 10.5. The maximum Gasteiger partial charge on any atom is 0.338 e. The number of hydrogen-bond donors (Lipinski definition) is 1. The molecule has 1 N–H and O–H groups in total. The first kappa shape index (κ1) is 15.5. The zero-order valence-electron chi connectivity index (χ0n) is 11.0. The Labute approximate surface area is 122 Å². The SMILES string of the molecule is O=C(COC(=O)c1ccncc1)Nc1ccc(F)c(F)c1F. The lowest BCUT2D eigenvalue weighted by atomic mass is 10.2. The second-order valence-electron chi connectivity index (χ2n) is 4.08. The van der Waals surface area contributed by atoms with Crippen molar-refractivity contribution in [3.05, 3.63) is 59.7 Å². The Morgan fingerprint density at radius 3 is 2.41 bits per heavy atom. The molecule has 1 aromatic heterocycles. The summed E-state index contributed by atoms with van der Waals surface area (Å²) in [7, 11) is 0. The third-order valence-electron chi connectivity index (χ3n) is 2.56. The van der Waals surface area contributed by atoms with Gasteiger partial charge in [0.1, 0.15) is 0 Å². The van der Waals surface area contributed by atoms with Gasteiger partial charge < -0.3 is 10.1 Å².